The van der Waals surface area contributed by atoms with E-state index < -0.39 is 59.5 Å². The van der Waals surface area contributed by atoms with Crippen molar-refractivity contribution < 1.29 is 31.9 Å². The standard InChI is InChI=1S/C26H20BrF4N3O4S/c1-13(26(29,30)31)32-12-34(33-9-8-20(36)23(38-14(2)35)22(33)25(32)37)21-17-7-6-16(27)10-15(17)11-39-24-18(21)4-3-5-19(24)28/h3-10,13,21H,11-12H2,1-2H3/t13-,21+/m1/s1. The fourth-order valence-electron chi connectivity index (χ4n) is 4.76. The summed E-state index contributed by atoms with van der Waals surface area (Å²) in [6.07, 6.45) is -3.56. The van der Waals surface area contributed by atoms with E-state index in [2.05, 4.69) is 15.9 Å². The molecule has 13 heteroatoms. The van der Waals surface area contributed by atoms with Gasteiger partial charge in [0.1, 0.15) is 18.5 Å². The maximum Gasteiger partial charge on any atom is 0.408 e. The quantitative estimate of drug-likeness (QED) is 0.288. The molecule has 2 aliphatic rings. The number of rotatable bonds is 3. The molecule has 0 saturated carbocycles. The van der Waals surface area contributed by atoms with E-state index in [1.54, 1.807) is 18.2 Å². The summed E-state index contributed by atoms with van der Waals surface area (Å²) in [4.78, 5) is 38.9. The van der Waals surface area contributed by atoms with Crippen LogP contribution in [-0.4, -0.2) is 40.3 Å². The minimum Gasteiger partial charge on any atom is -0.420 e. The molecule has 7 nitrogen and oxygen atoms in total. The zero-order chi connectivity index (χ0) is 28.2. The predicted octanol–water partition coefficient (Wildman–Crippen LogP) is 5.37. The molecule has 3 heterocycles. The van der Waals surface area contributed by atoms with Gasteiger partial charge in [0.05, 0.1) is 6.04 Å². The monoisotopic (exact) mass is 625 g/mol. The van der Waals surface area contributed by atoms with E-state index in [0.717, 1.165) is 30.0 Å². The van der Waals surface area contributed by atoms with Crippen LogP contribution in [0.15, 0.2) is 62.8 Å². The molecule has 0 saturated heterocycles. The fraction of sp³-hybridized carbons (Fsp3) is 0.269. The van der Waals surface area contributed by atoms with Crippen molar-refractivity contribution in [2.45, 2.75) is 42.8 Å². The first-order valence-electron chi connectivity index (χ1n) is 11.7. The van der Waals surface area contributed by atoms with Crippen molar-refractivity contribution in [1.29, 1.82) is 0 Å². The summed E-state index contributed by atoms with van der Waals surface area (Å²) in [6.45, 7) is 1.29. The molecule has 39 heavy (non-hydrogen) atoms. The van der Waals surface area contributed by atoms with Crippen LogP contribution in [0.5, 0.6) is 5.75 Å². The maximum atomic E-state index is 15.1. The van der Waals surface area contributed by atoms with Crippen LogP contribution < -0.4 is 15.2 Å². The predicted molar refractivity (Wildman–Crippen MR) is 139 cm³/mol. The number of benzene rings is 2. The Hall–Kier alpha value is -3.32. The Balaban J connectivity index is 1.82. The van der Waals surface area contributed by atoms with E-state index >= 15 is 4.39 Å². The Morgan fingerprint density at radius 2 is 1.90 bits per heavy atom. The molecule has 5 rings (SSSR count). The highest BCUT2D eigenvalue weighted by Gasteiger charge is 2.48. The third-order valence-corrected chi connectivity index (χ3v) is 8.29. The largest absolute Gasteiger partial charge is 0.420 e. The number of esters is 1. The first kappa shape index (κ1) is 27.3. The van der Waals surface area contributed by atoms with Gasteiger partial charge in [-0.3, -0.25) is 24.1 Å². The van der Waals surface area contributed by atoms with Gasteiger partial charge in [-0.1, -0.05) is 34.1 Å². The van der Waals surface area contributed by atoms with Gasteiger partial charge in [-0.15, -0.1) is 11.8 Å². The number of pyridine rings is 1. The molecule has 204 valence electrons. The van der Waals surface area contributed by atoms with E-state index in [1.165, 1.54) is 39.8 Å². The van der Waals surface area contributed by atoms with Gasteiger partial charge < -0.3 is 9.64 Å². The van der Waals surface area contributed by atoms with Crippen LogP contribution in [0.2, 0.25) is 0 Å². The van der Waals surface area contributed by atoms with Crippen LogP contribution in [0.1, 0.15) is 47.1 Å². The molecule has 0 radical (unpaired) electrons. The van der Waals surface area contributed by atoms with Gasteiger partial charge >= 0.3 is 12.1 Å². The highest BCUT2D eigenvalue weighted by molar-refractivity contribution is 9.10. The van der Waals surface area contributed by atoms with Crippen molar-refractivity contribution >= 4 is 39.6 Å². The molecule has 3 aromatic rings. The van der Waals surface area contributed by atoms with Crippen LogP contribution in [-0.2, 0) is 10.5 Å². The number of hydrogen-bond acceptors (Lipinski definition) is 6. The topological polar surface area (TPSA) is 71.8 Å². The van der Waals surface area contributed by atoms with E-state index in [9.17, 15) is 27.6 Å². The molecule has 2 aliphatic heterocycles. The number of carbonyl (C=O) groups is 2. The average Bonchev–Trinajstić information content (AvgIpc) is 3.02. The number of halogens is 5. The van der Waals surface area contributed by atoms with Crippen LogP contribution in [0.25, 0.3) is 0 Å². The summed E-state index contributed by atoms with van der Waals surface area (Å²) in [5, 5.41) is 1.45. The summed E-state index contributed by atoms with van der Waals surface area (Å²) in [5.74, 6) is -2.86. The Bertz CT molecular complexity index is 1560. The van der Waals surface area contributed by atoms with Gasteiger partial charge in [-0.25, -0.2) is 4.39 Å². The van der Waals surface area contributed by atoms with Gasteiger partial charge in [0.2, 0.25) is 11.2 Å². The number of fused-ring (bicyclic) bond motifs is 3. The molecular formula is C26H20BrF4N3O4S. The maximum absolute atomic E-state index is 15.1. The lowest BCUT2D eigenvalue weighted by Gasteiger charge is -2.46. The first-order chi connectivity index (χ1) is 18.4. The molecule has 2 atom stereocenters. The normalized spacial score (nSPS) is 17.6. The molecule has 0 fully saturated rings. The first-order valence-corrected chi connectivity index (χ1v) is 13.4. The number of thioether (sulfide) groups is 1. The van der Waals surface area contributed by atoms with E-state index in [0.29, 0.717) is 26.7 Å². The summed E-state index contributed by atoms with van der Waals surface area (Å²) in [6, 6.07) is 7.82. The summed E-state index contributed by atoms with van der Waals surface area (Å²) in [5.41, 5.74) is 0.550. The minimum absolute atomic E-state index is 0.310. The summed E-state index contributed by atoms with van der Waals surface area (Å²) in [7, 11) is 0. The van der Waals surface area contributed by atoms with Crippen LogP contribution in [0, 0.1) is 5.82 Å². The summed E-state index contributed by atoms with van der Waals surface area (Å²) < 4.78 is 64.0. The van der Waals surface area contributed by atoms with Crippen molar-refractivity contribution in [2.75, 3.05) is 11.7 Å². The third-order valence-electron chi connectivity index (χ3n) is 6.62. The zero-order valence-corrected chi connectivity index (χ0v) is 22.9. The van der Waals surface area contributed by atoms with Crippen LogP contribution in [0.3, 0.4) is 0 Å². The molecule has 0 N–H and O–H groups in total. The lowest BCUT2D eigenvalue weighted by Crippen LogP contribution is -2.60. The average molecular weight is 626 g/mol. The van der Waals surface area contributed by atoms with Crippen molar-refractivity contribution in [3.05, 3.63) is 91.6 Å². The van der Waals surface area contributed by atoms with E-state index in [4.69, 9.17) is 4.74 Å². The van der Waals surface area contributed by atoms with Gasteiger partial charge in [0.15, 0.2) is 5.69 Å². The Morgan fingerprint density at radius 1 is 1.15 bits per heavy atom. The lowest BCUT2D eigenvalue weighted by atomic mass is 9.94. The molecular weight excluding hydrogens is 606 g/mol. The van der Waals surface area contributed by atoms with E-state index in [-0.39, 0.29) is 0 Å². The number of amides is 1. The number of alkyl halides is 3. The molecule has 1 aromatic heterocycles. The molecule has 0 aliphatic carbocycles. The number of nitrogens with zero attached hydrogens (tertiary/aromatic N) is 3. The number of ether oxygens (including phenoxy) is 1. The number of aromatic nitrogens is 1. The van der Waals surface area contributed by atoms with Gasteiger partial charge in [-0.2, -0.15) is 13.2 Å². The molecule has 2 aromatic carbocycles. The van der Waals surface area contributed by atoms with Crippen LogP contribution in [0.4, 0.5) is 17.6 Å². The van der Waals surface area contributed by atoms with Crippen molar-refractivity contribution in [3.63, 3.8) is 0 Å². The lowest BCUT2D eigenvalue weighted by molar-refractivity contribution is -0.173. The van der Waals surface area contributed by atoms with Gasteiger partial charge in [0.25, 0.3) is 5.91 Å². The molecule has 0 spiro atoms. The molecule has 0 bridgehead atoms. The van der Waals surface area contributed by atoms with Gasteiger partial charge in [-0.05, 0) is 41.8 Å². The smallest absolute Gasteiger partial charge is 0.408 e. The molecule has 0 unspecified atom stereocenters. The SMILES string of the molecule is CC(=O)Oc1c2n(ccc1=O)N([C@H]1c3ccc(Br)cc3CSc3c(F)cccc31)CN([C@H](C)C(F)(F)F)C2=O. The van der Waals surface area contributed by atoms with Crippen molar-refractivity contribution in [3.8, 4) is 5.75 Å². The number of hydrogen-bond donors (Lipinski definition) is 0. The second kappa shape index (κ2) is 10.0. The third kappa shape index (κ3) is 4.82. The Labute approximate surface area is 232 Å². The van der Waals surface area contributed by atoms with Crippen molar-refractivity contribution in [1.82, 2.24) is 9.58 Å². The van der Waals surface area contributed by atoms with Crippen molar-refractivity contribution in [2.24, 2.45) is 0 Å². The van der Waals surface area contributed by atoms with Gasteiger partial charge in [0, 0.05) is 34.3 Å². The fourth-order valence-corrected chi connectivity index (χ4v) is 6.27. The zero-order valence-electron chi connectivity index (χ0n) is 20.5. The second-order valence-corrected chi connectivity index (χ2v) is 11.0. The highest BCUT2D eigenvalue weighted by atomic mass is 79.9. The highest BCUT2D eigenvalue weighted by Crippen LogP contribution is 2.45. The minimum atomic E-state index is -4.80. The van der Waals surface area contributed by atoms with E-state index in [1.807, 2.05) is 6.07 Å². The molecule has 1 amide bonds. The van der Waals surface area contributed by atoms with Crippen LogP contribution >= 0.6 is 27.7 Å². The number of carbonyl (C=O) groups excluding carboxylic acids is 2. The second-order valence-electron chi connectivity index (χ2n) is 9.06. The summed E-state index contributed by atoms with van der Waals surface area (Å²) >= 11 is 4.69. The Morgan fingerprint density at radius 3 is 2.59 bits per heavy atom. The Kier molecular flexibility index (Phi) is 7.00.